The highest BCUT2D eigenvalue weighted by atomic mass is 16.5. The van der Waals surface area contributed by atoms with Gasteiger partial charge >= 0.3 is 0 Å². The standard InChI is InChI=1S/C15H15NO4/c17-12-8-14(20-13-6-2-1-5-11(12)13)15(18)16-9-10-4-3-7-19-10/h1-2,5-6,8,10H,3-4,7,9H2,(H,16,18). The Kier molecular flexibility index (Phi) is 3.52. The summed E-state index contributed by atoms with van der Waals surface area (Å²) in [6.45, 7) is 1.18. The lowest BCUT2D eigenvalue weighted by atomic mass is 10.2. The van der Waals surface area contributed by atoms with Gasteiger partial charge in [0.05, 0.1) is 11.5 Å². The maximum absolute atomic E-state index is 12.0. The Balaban J connectivity index is 1.79. The van der Waals surface area contributed by atoms with Crippen molar-refractivity contribution in [1.29, 1.82) is 0 Å². The van der Waals surface area contributed by atoms with Crippen LogP contribution in [0.5, 0.6) is 0 Å². The molecule has 2 aromatic rings. The summed E-state index contributed by atoms with van der Waals surface area (Å²) in [5, 5.41) is 3.21. The van der Waals surface area contributed by atoms with Gasteiger partial charge in [0.15, 0.2) is 11.2 Å². The van der Waals surface area contributed by atoms with E-state index >= 15 is 0 Å². The molecular weight excluding hydrogens is 258 g/mol. The van der Waals surface area contributed by atoms with Crippen LogP contribution in [0.15, 0.2) is 39.5 Å². The highest BCUT2D eigenvalue weighted by Gasteiger charge is 2.18. The molecule has 1 amide bonds. The SMILES string of the molecule is O=C(NCC1CCCO1)c1cc(=O)c2ccccc2o1. The molecule has 0 aliphatic carbocycles. The van der Waals surface area contributed by atoms with Crippen molar-refractivity contribution >= 4 is 16.9 Å². The normalized spacial score (nSPS) is 18.3. The van der Waals surface area contributed by atoms with E-state index in [2.05, 4.69) is 5.32 Å². The van der Waals surface area contributed by atoms with Crippen LogP contribution in [-0.4, -0.2) is 25.2 Å². The average Bonchev–Trinajstić information content (AvgIpc) is 2.98. The van der Waals surface area contributed by atoms with E-state index < -0.39 is 0 Å². The number of carbonyl (C=O) groups excluding carboxylic acids is 1. The van der Waals surface area contributed by atoms with E-state index in [0.29, 0.717) is 17.5 Å². The lowest BCUT2D eigenvalue weighted by Gasteiger charge is -2.10. The number of amides is 1. The first-order chi connectivity index (χ1) is 9.74. The third-order valence-electron chi connectivity index (χ3n) is 3.37. The molecule has 1 atom stereocenters. The van der Waals surface area contributed by atoms with Crippen molar-refractivity contribution in [2.75, 3.05) is 13.2 Å². The predicted octanol–water partition coefficient (Wildman–Crippen LogP) is 1.70. The van der Waals surface area contributed by atoms with Crippen LogP contribution in [0.4, 0.5) is 0 Å². The van der Waals surface area contributed by atoms with E-state index in [-0.39, 0.29) is 23.2 Å². The van der Waals surface area contributed by atoms with Gasteiger partial charge in [-0.15, -0.1) is 0 Å². The monoisotopic (exact) mass is 273 g/mol. The molecule has 2 heterocycles. The van der Waals surface area contributed by atoms with Crippen LogP contribution in [-0.2, 0) is 4.74 Å². The van der Waals surface area contributed by atoms with Gasteiger partial charge in [0.1, 0.15) is 5.58 Å². The van der Waals surface area contributed by atoms with Gasteiger partial charge in [0.2, 0.25) is 0 Å². The van der Waals surface area contributed by atoms with Crippen molar-refractivity contribution in [1.82, 2.24) is 5.32 Å². The maximum atomic E-state index is 12.0. The summed E-state index contributed by atoms with van der Waals surface area (Å²) in [7, 11) is 0. The summed E-state index contributed by atoms with van der Waals surface area (Å²) >= 11 is 0. The minimum Gasteiger partial charge on any atom is -0.451 e. The van der Waals surface area contributed by atoms with E-state index in [9.17, 15) is 9.59 Å². The molecule has 0 saturated carbocycles. The van der Waals surface area contributed by atoms with Crippen molar-refractivity contribution < 1.29 is 13.9 Å². The molecule has 0 bridgehead atoms. The number of nitrogens with one attached hydrogen (secondary N) is 1. The van der Waals surface area contributed by atoms with Crippen LogP contribution in [0.1, 0.15) is 23.4 Å². The molecule has 0 spiro atoms. The number of carbonyl (C=O) groups is 1. The lowest BCUT2D eigenvalue weighted by molar-refractivity contribution is 0.0835. The van der Waals surface area contributed by atoms with Crippen LogP contribution in [0.2, 0.25) is 0 Å². The highest BCUT2D eigenvalue weighted by Crippen LogP contribution is 2.13. The lowest BCUT2D eigenvalue weighted by Crippen LogP contribution is -2.32. The van der Waals surface area contributed by atoms with Crippen LogP contribution < -0.4 is 10.7 Å². The molecule has 104 valence electrons. The van der Waals surface area contributed by atoms with Crippen molar-refractivity contribution in [3.05, 3.63) is 46.3 Å². The minimum absolute atomic E-state index is 0.0340. The Labute approximate surface area is 115 Å². The molecule has 1 aromatic carbocycles. The van der Waals surface area contributed by atoms with Gasteiger partial charge in [-0.3, -0.25) is 9.59 Å². The topological polar surface area (TPSA) is 68.5 Å². The average molecular weight is 273 g/mol. The van der Waals surface area contributed by atoms with Gasteiger partial charge in [-0.2, -0.15) is 0 Å². The molecular formula is C15H15NO4. The number of rotatable bonds is 3. The highest BCUT2D eigenvalue weighted by molar-refractivity contribution is 5.93. The first-order valence-electron chi connectivity index (χ1n) is 6.67. The molecule has 1 aliphatic rings. The predicted molar refractivity (Wildman–Crippen MR) is 73.8 cm³/mol. The number of para-hydroxylation sites is 1. The summed E-state index contributed by atoms with van der Waals surface area (Å²) in [5.74, 6) is -0.352. The third-order valence-corrected chi connectivity index (χ3v) is 3.37. The quantitative estimate of drug-likeness (QED) is 0.924. The zero-order chi connectivity index (χ0) is 13.9. The number of hydrogen-bond acceptors (Lipinski definition) is 4. The maximum Gasteiger partial charge on any atom is 0.287 e. The molecule has 1 aromatic heterocycles. The summed E-state index contributed by atoms with van der Waals surface area (Å²) in [6.07, 6.45) is 2.03. The van der Waals surface area contributed by atoms with Crippen molar-refractivity contribution in [3.8, 4) is 0 Å². The van der Waals surface area contributed by atoms with E-state index in [4.69, 9.17) is 9.15 Å². The Morgan fingerprint density at radius 3 is 3.00 bits per heavy atom. The zero-order valence-corrected chi connectivity index (χ0v) is 10.9. The molecule has 1 fully saturated rings. The second-order valence-electron chi connectivity index (χ2n) is 4.82. The molecule has 3 rings (SSSR count). The number of benzene rings is 1. The van der Waals surface area contributed by atoms with Gasteiger partial charge in [-0.25, -0.2) is 0 Å². The summed E-state index contributed by atoms with van der Waals surface area (Å²) in [6, 6.07) is 8.10. The minimum atomic E-state index is -0.386. The summed E-state index contributed by atoms with van der Waals surface area (Å²) in [5.41, 5.74) is 0.205. The van der Waals surface area contributed by atoms with E-state index in [1.54, 1.807) is 24.3 Å². The van der Waals surface area contributed by atoms with Crippen LogP contribution in [0.3, 0.4) is 0 Å². The van der Waals surface area contributed by atoms with Crippen molar-refractivity contribution in [3.63, 3.8) is 0 Å². The molecule has 1 aliphatic heterocycles. The first kappa shape index (κ1) is 12.9. The van der Waals surface area contributed by atoms with E-state index in [0.717, 1.165) is 19.4 Å². The second kappa shape index (κ2) is 5.46. The first-order valence-corrected chi connectivity index (χ1v) is 6.67. The Morgan fingerprint density at radius 2 is 2.20 bits per heavy atom. The largest absolute Gasteiger partial charge is 0.451 e. The zero-order valence-electron chi connectivity index (χ0n) is 10.9. The molecule has 1 unspecified atom stereocenters. The Bertz CT molecular complexity index is 686. The fourth-order valence-corrected chi connectivity index (χ4v) is 2.31. The number of ether oxygens (including phenoxy) is 1. The smallest absolute Gasteiger partial charge is 0.287 e. The van der Waals surface area contributed by atoms with E-state index in [1.807, 2.05) is 0 Å². The molecule has 20 heavy (non-hydrogen) atoms. The number of fused-ring (bicyclic) bond motifs is 1. The van der Waals surface area contributed by atoms with Gasteiger partial charge < -0.3 is 14.5 Å². The Morgan fingerprint density at radius 1 is 1.35 bits per heavy atom. The van der Waals surface area contributed by atoms with Crippen molar-refractivity contribution in [2.24, 2.45) is 0 Å². The fraction of sp³-hybridized carbons (Fsp3) is 0.333. The van der Waals surface area contributed by atoms with Crippen LogP contribution >= 0.6 is 0 Å². The molecule has 5 heteroatoms. The second-order valence-corrected chi connectivity index (χ2v) is 4.82. The fourth-order valence-electron chi connectivity index (χ4n) is 2.31. The summed E-state index contributed by atoms with van der Waals surface area (Å²) in [4.78, 5) is 23.9. The molecule has 0 radical (unpaired) electrons. The van der Waals surface area contributed by atoms with Gasteiger partial charge in [0.25, 0.3) is 5.91 Å². The van der Waals surface area contributed by atoms with E-state index in [1.165, 1.54) is 6.07 Å². The molecule has 5 nitrogen and oxygen atoms in total. The van der Waals surface area contributed by atoms with Crippen LogP contribution in [0.25, 0.3) is 11.0 Å². The van der Waals surface area contributed by atoms with Gasteiger partial charge in [0, 0.05) is 19.2 Å². The third kappa shape index (κ3) is 2.58. The van der Waals surface area contributed by atoms with Crippen LogP contribution in [0, 0.1) is 0 Å². The van der Waals surface area contributed by atoms with Gasteiger partial charge in [-0.05, 0) is 25.0 Å². The summed E-state index contributed by atoms with van der Waals surface area (Å²) < 4.78 is 10.9. The molecule has 1 saturated heterocycles. The number of hydrogen-bond donors (Lipinski definition) is 1. The molecule has 1 N–H and O–H groups in total. The van der Waals surface area contributed by atoms with Gasteiger partial charge in [-0.1, -0.05) is 12.1 Å². The van der Waals surface area contributed by atoms with Crippen molar-refractivity contribution in [2.45, 2.75) is 18.9 Å². The Hall–Kier alpha value is -2.14.